The number of benzene rings is 2. The standard InChI is InChI=1S/C22H17ClFN3O5S/c1-25-15-9-16-13(8-14(15)24)21(29)27(10-32-16)12-4-2-11(3-5-12)20(28)26-19(22(30)31)17-6-7-18(23)33-17/h2-9,19,25H,10H2,1H3,(H,26,28)(H,30,31)/t19-/m1/s1. The summed E-state index contributed by atoms with van der Waals surface area (Å²) in [5.41, 5.74) is 0.927. The van der Waals surface area contributed by atoms with Crippen LogP contribution >= 0.6 is 22.9 Å². The molecule has 2 amide bonds. The average molecular weight is 490 g/mol. The van der Waals surface area contributed by atoms with Gasteiger partial charge in [-0.1, -0.05) is 11.6 Å². The van der Waals surface area contributed by atoms with Crippen molar-refractivity contribution in [3.63, 3.8) is 0 Å². The van der Waals surface area contributed by atoms with Gasteiger partial charge in [-0.25, -0.2) is 9.18 Å². The summed E-state index contributed by atoms with van der Waals surface area (Å²) in [5.74, 6) is -2.59. The first-order valence-electron chi connectivity index (χ1n) is 9.63. The van der Waals surface area contributed by atoms with Gasteiger partial charge in [0.1, 0.15) is 11.6 Å². The summed E-state index contributed by atoms with van der Waals surface area (Å²) < 4.78 is 20.1. The maximum absolute atomic E-state index is 14.1. The zero-order valence-corrected chi connectivity index (χ0v) is 18.7. The van der Waals surface area contributed by atoms with E-state index in [0.29, 0.717) is 14.9 Å². The summed E-state index contributed by atoms with van der Waals surface area (Å²) in [5, 5.41) is 14.6. The van der Waals surface area contributed by atoms with E-state index in [1.807, 2.05) is 0 Å². The molecule has 3 aromatic rings. The molecule has 170 valence electrons. The molecule has 0 fully saturated rings. The Kier molecular flexibility index (Phi) is 6.21. The van der Waals surface area contributed by atoms with E-state index in [-0.39, 0.29) is 29.3 Å². The summed E-state index contributed by atoms with van der Waals surface area (Å²) >= 11 is 6.93. The molecule has 0 aliphatic carbocycles. The Morgan fingerprint density at radius 3 is 2.55 bits per heavy atom. The van der Waals surface area contributed by atoms with Gasteiger partial charge in [0.25, 0.3) is 11.8 Å². The molecule has 0 bridgehead atoms. The number of fused-ring (bicyclic) bond motifs is 1. The van der Waals surface area contributed by atoms with Crippen LogP contribution in [0.15, 0.2) is 48.5 Å². The molecule has 33 heavy (non-hydrogen) atoms. The second kappa shape index (κ2) is 9.08. The minimum atomic E-state index is -1.25. The van der Waals surface area contributed by atoms with E-state index in [1.165, 1.54) is 41.3 Å². The number of amides is 2. The normalized spacial score (nSPS) is 13.7. The van der Waals surface area contributed by atoms with Gasteiger partial charge in [-0.05, 0) is 42.5 Å². The first-order valence-corrected chi connectivity index (χ1v) is 10.8. The first-order chi connectivity index (χ1) is 15.8. The minimum Gasteiger partial charge on any atom is -0.479 e. The van der Waals surface area contributed by atoms with Crippen LogP contribution in [-0.2, 0) is 4.79 Å². The van der Waals surface area contributed by atoms with E-state index in [1.54, 1.807) is 13.1 Å². The van der Waals surface area contributed by atoms with Crippen LogP contribution in [0.1, 0.15) is 31.6 Å². The molecular weight excluding hydrogens is 473 g/mol. The quantitative estimate of drug-likeness (QED) is 0.480. The second-order valence-electron chi connectivity index (χ2n) is 7.02. The number of nitrogens with zero attached hydrogens (tertiary/aromatic N) is 1. The number of nitrogens with one attached hydrogen (secondary N) is 2. The Labute approximate surface area is 196 Å². The van der Waals surface area contributed by atoms with Crippen molar-refractivity contribution in [1.29, 1.82) is 0 Å². The largest absolute Gasteiger partial charge is 0.479 e. The van der Waals surface area contributed by atoms with Crippen LogP contribution in [0.4, 0.5) is 15.8 Å². The van der Waals surface area contributed by atoms with Gasteiger partial charge in [0.2, 0.25) is 0 Å². The lowest BCUT2D eigenvalue weighted by Crippen LogP contribution is -2.39. The van der Waals surface area contributed by atoms with Gasteiger partial charge in [0.05, 0.1) is 15.6 Å². The molecule has 0 saturated carbocycles. The molecule has 2 heterocycles. The number of hydrogen-bond donors (Lipinski definition) is 3. The van der Waals surface area contributed by atoms with E-state index in [4.69, 9.17) is 16.3 Å². The van der Waals surface area contributed by atoms with Crippen molar-refractivity contribution in [3.8, 4) is 5.75 Å². The Morgan fingerprint density at radius 2 is 1.94 bits per heavy atom. The molecule has 4 rings (SSSR count). The number of rotatable bonds is 6. The van der Waals surface area contributed by atoms with Crippen molar-refractivity contribution in [2.45, 2.75) is 6.04 Å². The predicted molar refractivity (Wildman–Crippen MR) is 122 cm³/mol. The third kappa shape index (κ3) is 4.48. The molecule has 0 spiro atoms. The number of anilines is 2. The van der Waals surface area contributed by atoms with E-state index >= 15 is 0 Å². The van der Waals surface area contributed by atoms with Crippen LogP contribution in [0, 0.1) is 5.82 Å². The summed E-state index contributed by atoms with van der Waals surface area (Å²) in [4.78, 5) is 38.8. The van der Waals surface area contributed by atoms with Crippen LogP contribution in [0.2, 0.25) is 4.34 Å². The molecule has 0 saturated heterocycles. The molecule has 8 nitrogen and oxygen atoms in total. The SMILES string of the molecule is CNc1cc2c(cc1F)C(=O)N(c1ccc(C(=O)N[C@@H](C(=O)O)c3ccc(Cl)s3)cc1)CO2. The minimum absolute atomic E-state index is 0.0819. The molecule has 1 atom stereocenters. The highest BCUT2D eigenvalue weighted by Crippen LogP contribution is 2.33. The lowest BCUT2D eigenvalue weighted by atomic mass is 10.1. The number of hydrogen-bond acceptors (Lipinski definition) is 6. The summed E-state index contributed by atoms with van der Waals surface area (Å²) in [6.07, 6.45) is 0. The van der Waals surface area contributed by atoms with Crippen LogP contribution in [0.25, 0.3) is 0 Å². The van der Waals surface area contributed by atoms with Crippen LogP contribution in [-0.4, -0.2) is 36.7 Å². The smallest absolute Gasteiger partial charge is 0.331 e. The number of halogens is 2. The Balaban J connectivity index is 1.51. The number of carboxylic acid groups (broad SMARTS) is 1. The van der Waals surface area contributed by atoms with Crippen molar-refractivity contribution in [2.75, 3.05) is 24.0 Å². The molecule has 2 aromatic carbocycles. The zero-order chi connectivity index (χ0) is 23.7. The highest BCUT2D eigenvalue weighted by Gasteiger charge is 2.29. The summed E-state index contributed by atoms with van der Waals surface area (Å²) in [6, 6.07) is 10.3. The molecule has 1 aliphatic heterocycles. The number of ether oxygens (including phenoxy) is 1. The fourth-order valence-corrected chi connectivity index (χ4v) is 4.41. The van der Waals surface area contributed by atoms with Gasteiger partial charge in [-0.2, -0.15) is 0 Å². The van der Waals surface area contributed by atoms with Gasteiger partial charge < -0.3 is 20.5 Å². The topological polar surface area (TPSA) is 108 Å². The van der Waals surface area contributed by atoms with Crippen LogP contribution < -0.4 is 20.3 Å². The number of aliphatic carboxylic acids is 1. The lowest BCUT2D eigenvalue weighted by molar-refractivity contribution is -0.139. The highest BCUT2D eigenvalue weighted by atomic mass is 35.5. The first kappa shape index (κ1) is 22.6. The highest BCUT2D eigenvalue weighted by molar-refractivity contribution is 7.16. The molecule has 1 aliphatic rings. The number of carboxylic acids is 1. The second-order valence-corrected chi connectivity index (χ2v) is 8.76. The van der Waals surface area contributed by atoms with E-state index in [9.17, 15) is 23.9 Å². The van der Waals surface area contributed by atoms with Gasteiger partial charge in [-0.15, -0.1) is 11.3 Å². The van der Waals surface area contributed by atoms with Crippen molar-refractivity contribution in [1.82, 2.24) is 5.32 Å². The maximum atomic E-state index is 14.1. The number of carbonyl (C=O) groups is 3. The molecular formula is C22H17ClFN3O5S. The Morgan fingerprint density at radius 1 is 1.21 bits per heavy atom. The molecule has 0 radical (unpaired) electrons. The summed E-state index contributed by atoms with van der Waals surface area (Å²) in [7, 11) is 1.56. The van der Waals surface area contributed by atoms with Crippen molar-refractivity contribution < 1.29 is 28.6 Å². The number of thiophene rings is 1. The fourth-order valence-electron chi connectivity index (χ4n) is 3.31. The van der Waals surface area contributed by atoms with E-state index < -0.39 is 29.6 Å². The van der Waals surface area contributed by atoms with Gasteiger partial charge >= 0.3 is 5.97 Å². The van der Waals surface area contributed by atoms with Gasteiger partial charge in [0, 0.05) is 29.2 Å². The van der Waals surface area contributed by atoms with E-state index in [0.717, 1.165) is 17.4 Å². The van der Waals surface area contributed by atoms with Gasteiger partial charge in [-0.3, -0.25) is 14.5 Å². The van der Waals surface area contributed by atoms with Crippen molar-refractivity contribution >= 4 is 52.1 Å². The van der Waals surface area contributed by atoms with Crippen LogP contribution in [0.3, 0.4) is 0 Å². The molecule has 11 heteroatoms. The molecule has 3 N–H and O–H groups in total. The predicted octanol–water partition coefficient (Wildman–Crippen LogP) is 4.13. The lowest BCUT2D eigenvalue weighted by Gasteiger charge is -2.29. The Hall–Kier alpha value is -3.63. The van der Waals surface area contributed by atoms with Crippen LogP contribution in [0.5, 0.6) is 5.75 Å². The van der Waals surface area contributed by atoms with Gasteiger partial charge in [0.15, 0.2) is 12.8 Å². The molecule has 0 unspecified atom stereocenters. The third-order valence-electron chi connectivity index (χ3n) is 5.01. The zero-order valence-electron chi connectivity index (χ0n) is 17.1. The molecule has 1 aromatic heterocycles. The van der Waals surface area contributed by atoms with Crippen molar-refractivity contribution in [3.05, 3.63) is 74.7 Å². The fraction of sp³-hybridized carbons (Fsp3) is 0.136. The maximum Gasteiger partial charge on any atom is 0.331 e. The average Bonchev–Trinajstić information content (AvgIpc) is 3.23. The summed E-state index contributed by atoms with van der Waals surface area (Å²) in [6.45, 7) is -0.0909. The third-order valence-corrected chi connectivity index (χ3v) is 6.30. The Bertz CT molecular complexity index is 1250. The van der Waals surface area contributed by atoms with E-state index in [2.05, 4.69) is 10.6 Å². The van der Waals surface area contributed by atoms with Crippen molar-refractivity contribution in [2.24, 2.45) is 0 Å². The monoisotopic (exact) mass is 489 g/mol. The number of carbonyl (C=O) groups excluding carboxylic acids is 2.